The van der Waals surface area contributed by atoms with E-state index in [1.165, 1.54) is 0 Å². The zero-order chi connectivity index (χ0) is 15.4. The number of aromatic nitrogens is 2. The first-order valence-electron chi connectivity index (χ1n) is 7.95. The molecule has 2 rings (SSSR count). The van der Waals surface area contributed by atoms with Gasteiger partial charge in [0.1, 0.15) is 11.6 Å². The Morgan fingerprint density at radius 2 is 1.81 bits per heavy atom. The van der Waals surface area contributed by atoms with E-state index in [-0.39, 0.29) is 0 Å². The Morgan fingerprint density at radius 1 is 1.14 bits per heavy atom. The molecule has 0 fully saturated rings. The molecule has 0 aliphatic heterocycles. The van der Waals surface area contributed by atoms with Gasteiger partial charge in [0, 0.05) is 18.0 Å². The number of nitrogen functional groups attached to an aromatic ring is 1. The zero-order valence-corrected chi connectivity index (χ0v) is 13.6. The van der Waals surface area contributed by atoms with E-state index in [0.717, 1.165) is 42.3 Å². The van der Waals surface area contributed by atoms with Crippen LogP contribution in [0, 0.1) is 5.92 Å². The number of nitrogens with zero attached hydrogens (tertiary/aromatic N) is 2. The number of benzene rings is 1. The second-order valence-corrected chi connectivity index (χ2v) is 6.27. The lowest BCUT2D eigenvalue weighted by Crippen LogP contribution is -2.10. The fourth-order valence-electron chi connectivity index (χ4n) is 2.77. The van der Waals surface area contributed by atoms with Crippen LogP contribution >= 0.6 is 0 Å². The quantitative estimate of drug-likeness (QED) is 0.836. The molecule has 1 aromatic heterocycles. The molecule has 0 spiro atoms. The van der Waals surface area contributed by atoms with E-state index in [2.05, 4.69) is 56.5 Å². The molecule has 3 nitrogen and oxygen atoms in total. The van der Waals surface area contributed by atoms with Gasteiger partial charge in [0.05, 0.1) is 5.69 Å². The zero-order valence-electron chi connectivity index (χ0n) is 13.6. The summed E-state index contributed by atoms with van der Waals surface area (Å²) in [5.41, 5.74) is 8.61. The van der Waals surface area contributed by atoms with Crippen LogP contribution < -0.4 is 5.73 Å². The minimum Gasteiger partial charge on any atom is -0.384 e. The minimum absolute atomic E-state index is 0.408. The molecule has 0 amide bonds. The second kappa shape index (κ2) is 6.79. The van der Waals surface area contributed by atoms with Gasteiger partial charge in [-0.1, -0.05) is 64.4 Å². The summed E-state index contributed by atoms with van der Waals surface area (Å²) in [4.78, 5) is 4.89. The van der Waals surface area contributed by atoms with Gasteiger partial charge in [-0.15, -0.1) is 0 Å². The highest BCUT2D eigenvalue weighted by molar-refractivity contribution is 5.61. The Labute approximate surface area is 128 Å². The Hall–Kier alpha value is -1.77. The second-order valence-electron chi connectivity index (χ2n) is 6.27. The first-order chi connectivity index (χ1) is 10.0. The first-order valence-corrected chi connectivity index (χ1v) is 7.95. The molecular formula is C18H27N3. The predicted octanol–water partition coefficient (Wildman–Crippen LogP) is 4.69. The van der Waals surface area contributed by atoms with Crippen LogP contribution in [0.3, 0.4) is 0 Å². The molecule has 1 atom stereocenters. The third-order valence-electron chi connectivity index (χ3n) is 3.80. The number of rotatable bonds is 6. The first kappa shape index (κ1) is 15.6. The Bertz CT molecular complexity index is 570. The summed E-state index contributed by atoms with van der Waals surface area (Å²) in [6, 6.07) is 10.3. The standard InChI is InChI=1S/C18H27N3/c1-5-9-14(4)16-17(19)21(12-13(2)3)18(20-16)15-10-7-6-8-11-15/h6-8,10-11,13-14H,5,9,12,19H2,1-4H3. The van der Waals surface area contributed by atoms with Crippen LogP contribution in [-0.2, 0) is 6.54 Å². The topological polar surface area (TPSA) is 43.8 Å². The van der Waals surface area contributed by atoms with Crippen LogP contribution in [0.4, 0.5) is 5.82 Å². The molecule has 0 saturated heterocycles. The number of nitrogens with two attached hydrogens (primary N) is 1. The number of hydrogen-bond donors (Lipinski definition) is 1. The molecule has 0 aliphatic carbocycles. The fourth-order valence-corrected chi connectivity index (χ4v) is 2.77. The smallest absolute Gasteiger partial charge is 0.141 e. The molecule has 2 N–H and O–H groups in total. The summed E-state index contributed by atoms with van der Waals surface area (Å²) in [6.07, 6.45) is 2.27. The van der Waals surface area contributed by atoms with E-state index >= 15 is 0 Å². The minimum atomic E-state index is 0.408. The van der Waals surface area contributed by atoms with Gasteiger partial charge < -0.3 is 10.3 Å². The number of hydrogen-bond acceptors (Lipinski definition) is 2. The molecular weight excluding hydrogens is 258 g/mol. The molecule has 0 bridgehead atoms. The summed E-state index contributed by atoms with van der Waals surface area (Å²) in [5.74, 6) is 2.78. The summed E-state index contributed by atoms with van der Waals surface area (Å²) in [5, 5.41) is 0. The normalized spacial score (nSPS) is 12.8. The molecule has 0 saturated carbocycles. The van der Waals surface area contributed by atoms with Crippen molar-refractivity contribution in [2.75, 3.05) is 5.73 Å². The van der Waals surface area contributed by atoms with Crippen molar-refractivity contribution >= 4 is 5.82 Å². The lowest BCUT2D eigenvalue weighted by molar-refractivity contribution is 0.530. The lowest BCUT2D eigenvalue weighted by atomic mass is 10.0. The third kappa shape index (κ3) is 3.46. The summed E-state index contributed by atoms with van der Waals surface area (Å²) < 4.78 is 2.18. The van der Waals surface area contributed by atoms with Crippen molar-refractivity contribution in [2.24, 2.45) is 5.92 Å². The highest BCUT2D eigenvalue weighted by atomic mass is 15.1. The van der Waals surface area contributed by atoms with Crippen LogP contribution in [0.25, 0.3) is 11.4 Å². The average Bonchev–Trinajstić information content (AvgIpc) is 2.77. The van der Waals surface area contributed by atoms with E-state index in [1.807, 2.05) is 6.07 Å². The maximum absolute atomic E-state index is 6.42. The maximum Gasteiger partial charge on any atom is 0.141 e. The molecule has 21 heavy (non-hydrogen) atoms. The van der Waals surface area contributed by atoms with Gasteiger partial charge in [-0.05, 0) is 12.3 Å². The Morgan fingerprint density at radius 3 is 2.38 bits per heavy atom. The number of imidazole rings is 1. The van der Waals surface area contributed by atoms with Crippen LogP contribution in [-0.4, -0.2) is 9.55 Å². The van der Waals surface area contributed by atoms with Gasteiger partial charge >= 0.3 is 0 Å². The van der Waals surface area contributed by atoms with Crippen molar-refractivity contribution in [3.8, 4) is 11.4 Å². The Balaban J connectivity index is 2.49. The van der Waals surface area contributed by atoms with Gasteiger partial charge in [-0.3, -0.25) is 0 Å². The van der Waals surface area contributed by atoms with Crippen molar-refractivity contribution in [2.45, 2.75) is 53.0 Å². The van der Waals surface area contributed by atoms with Gasteiger partial charge in [0.2, 0.25) is 0 Å². The largest absolute Gasteiger partial charge is 0.384 e. The molecule has 3 heteroatoms. The summed E-state index contributed by atoms with van der Waals surface area (Å²) in [7, 11) is 0. The van der Waals surface area contributed by atoms with Gasteiger partial charge in [0.15, 0.2) is 0 Å². The fraction of sp³-hybridized carbons (Fsp3) is 0.500. The molecule has 1 heterocycles. The molecule has 1 unspecified atom stereocenters. The third-order valence-corrected chi connectivity index (χ3v) is 3.80. The molecule has 0 radical (unpaired) electrons. The maximum atomic E-state index is 6.42. The van der Waals surface area contributed by atoms with Crippen molar-refractivity contribution in [1.29, 1.82) is 0 Å². The van der Waals surface area contributed by atoms with E-state index in [9.17, 15) is 0 Å². The van der Waals surface area contributed by atoms with E-state index in [4.69, 9.17) is 10.7 Å². The Kier molecular flexibility index (Phi) is 5.05. The lowest BCUT2D eigenvalue weighted by Gasteiger charge is -2.13. The highest BCUT2D eigenvalue weighted by Gasteiger charge is 2.20. The molecule has 0 aliphatic rings. The van der Waals surface area contributed by atoms with Gasteiger partial charge in [-0.2, -0.15) is 0 Å². The van der Waals surface area contributed by atoms with Crippen LogP contribution in [0.2, 0.25) is 0 Å². The monoisotopic (exact) mass is 285 g/mol. The molecule has 1 aromatic carbocycles. The van der Waals surface area contributed by atoms with Crippen molar-refractivity contribution in [3.63, 3.8) is 0 Å². The molecule has 2 aromatic rings. The van der Waals surface area contributed by atoms with Crippen molar-refractivity contribution < 1.29 is 0 Å². The van der Waals surface area contributed by atoms with Crippen LogP contribution in [0.15, 0.2) is 30.3 Å². The van der Waals surface area contributed by atoms with E-state index < -0.39 is 0 Å². The van der Waals surface area contributed by atoms with E-state index in [0.29, 0.717) is 11.8 Å². The summed E-state index contributed by atoms with van der Waals surface area (Å²) in [6.45, 7) is 9.75. The highest BCUT2D eigenvalue weighted by Crippen LogP contribution is 2.31. The van der Waals surface area contributed by atoms with Crippen LogP contribution in [0.1, 0.15) is 52.1 Å². The predicted molar refractivity (Wildman–Crippen MR) is 90.2 cm³/mol. The molecule has 114 valence electrons. The van der Waals surface area contributed by atoms with Gasteiger partial charge in [-0.25, -0.2) is 4.98 Å². The summed E-state index contributed by atoms with van der Waals surface area (Å²) >= 11 is 0. The van der Waals surface area contributed by atoms with E-state index in [1.54, 1.807) is 0 Å². The van der Waals surface area contributed by atoms with Crippen molar-refractivity contribution in [3.05, 3.63) is 36.0 Å². The average molecular weight is 285 g/mol. The number of anilines is 1. The SMILES string of the molecule is CCCC(C)c1nc(-c2ccccc2)n(CC(C)C)c1N. The van der Waals surface area contributed by atoms with Gasteiger partial charge in [0.25, 0.3) is 0 Å². The van der Waals surface area contributed by atoms with Crippen molar-refractivity contribution in [1.82, 2.24) is 9.55 Å². The van der Waals surface area contributed by atoms with Crippen LogP contribution in [0.5, 0.6) is 0 Å².